The van der Waals surface area contributed by atoms with E-state index in [-0.39, 0.29) is 18.2 Å². The number of hydrogen-bond donors (Lipinski definition) is 1. The molecule has 1 N–H and O–H groups in total. The molecule has 1 aliphatic heterocycles. The highest BCUT2D eigenvalue weighted by molar-refractivity contribution is 7.73. The Balaban J connectivity index is 1.87. The number of aliphatic carboxylic acids is 1. The minimum atomic E-state index is -1.06. The molecule has 8 heteroatoms. The molecule has 130 valence electrons. The van der Waals surface area contributed by atoms with Gasteiger partial charge in [-0.1, -0.05) is 24.6 Å². The van der Waals surface area contributed by atoms with Crippen LogP contribution in [0.1, 0.15) is 30.6 Å². The van der Waals surface area contributed by atoms with E-state index in [2.05, 4.69) is 4.99 Å². The van der Waals surface area contributed by atoms with Crippen molar-refractivity contribution in [1.82, 2.24) is 4.57 Å². The van der Waals surface area contributed by atoms with E-state index in [9.17, 15) is 19.8 Å². The Bertz CT molecular complexity index is 1020. The largest absolute Gasteiger partial charge is 0.550 e. The first-order chi connectivity index (χ1) is 12.0. The number of nitrogens with zero attached hydrogens (tertiary/aromatic N) is 2. The van der Waals surface area contributed by atoms with E-state index in [1.165, 1.54) is 11.3 Å². The number of rotatable bonds is 7. The molecule has 25 heavy (non-hydrogen) atoms. The highest BCUT2D eigenvalue weighted by Gasteiger charge is 2.24. The summed E-state index contributed by atoms with van der Waals surface area (Å²) in [6.07, 6.45) is 1.91. The summed E-state index contributed by atoms with van der Waals surface area (Å²) in [6.45, 7) is 0.467. The molecule has 0 aliphatic carbocycles. The topological polar surface area (TPSA) is 94.7 Å². The monoisotopic (exact) mass is 375 g/mol. The van der Waals surface area contributed by atoms with E-state index in [4.69, 9.17) is 12.2 Å². The number of aromatic hydroxyl groups is 1. The van der Waals surface area contributed by atoms with Crippen LogP contribution in [0.25, 0.3) is 5.57 Å². The fraction of sp³-hybridized carbons (Fsp3) is 0.294. The van der Waals surface area contributed by atoms with Crippen molar-refractivity contribution in [3.8, 4) is 5.88 Å². The summed E-state index contributed by atoms with van der Waals surface area (Å²) < 4.78 is 2.05. The van der Waals surface area contributed by atoms with Crippen molar-refractivity contribution in [2.24, 2.45) is 4.99 Å². The van der Waals surface area contributed by atoms with Crippen LogP contribution in [0, 0.1) is 3.95 Å². The number of thiazole rings is 1. The van der Waals surface area contributed by atoms with Crippen LogP contribution in [-0.4, -0.2) is 21.6 Å². The highest BCUT2D eigenvalue weighted by atomic mass is 32.1. The number of para-hydroxylation sites is 1. The maximum Gasteiger partial charge on any atom is 0.279 e. The SMILES string of the molecule is O=C([O-])CCCCCn1c(O)c(C2=c3ccccc3=NC2=O)sc1=S. The number of carboxylic acid groups (broad SMARTS) is 1. The van der Waals surface area contributed by atoms with Gasteiger partial charge >= 0.3 is 0 Å². The number of carbonyl (C=O) groups is 2. The van der Waals surface area contributed by atoms with Crippen LogP contribution in [0.4, 0.5) is 0 Å². The zero-order valence-corrected chi connectivity index (χ0v) is 14.9. The predicted molar refractivity (Wildman–Crippen MR) is 93.0 cm³/mol. The van der Waals surface area contributed by atoms with Crippen molar-refractivity contribution in [1.29, 1.82) is 0 Å². The van der Waals surface area contributed by atoms with Gasteiger partial charge in [-0.25, -0.2) is 4.99 Å². The van der Waals surface area contributed by atoms with Gasteiger partial charge in [0.2, 0.25) is 5.88 Å². The first kappa shape index (κ1) is 17.5. The first-order valence-electron chi connectivity index (χ1n) is 7.84. The van der Waals surface area contributed by atoms with Gasteiger partial charge in [0, 0.05) is 17.7 Å². The van der Waals surface area contributed by atoms with E-state index in [1.54, 1.807) is 22.8 Å². The number of unbranched alkanes of at least 4 members (excludes halogenated alkanes) is 2. The van der Waals surface area contributed by atoms with Crippen molar-refractivity contribution in [3.63, 3.8) is 0 Å². The molecule has 1 aliphatic rings. The van der Waals surface area contributed by atoms with Gasteiger partial charge in [0.25, 0.3) is 5.91 Å². The Morgan fingerprint density at radius 3 is 2.80 bits per heavy atom. The van der Waals surface area contributed by atoms with E-state index in [0.717, 1.165) is 0 Å². The van der Waals surface area contributed by atoms with Crippen LogP contribution in [0.15, 0.2) is 29.3 Å². The average molecular weight is 375 g/mol. The van der Waals surface area contributed by atoms with Gasteiger partial charge in [0.05, 0.1) is 10.9 Å². The van der Waals surface area contributed by atoms with Crippen LogP contribution in [0.2, 0.25) is 0 Å². The fourth-order valence-electron chi connectivity index (χ4n) is 2.76. The maximum absolute atomic E-state index is 12.3. The van der Waals surface area contributed by atoms with Gasteiger partial charge in [-0.3, -0.25) is 9.36 Å². The molecule has 1 aromatic heterocycles. The van der Waals surface area contributed by atoms with Crippen molar-refractivity contribution in [2.75, 3.05) is 0 Å². The van der Waals surface area contributed by atoms with Crippen LogP contribution in [0.5, 0.6) is 5.88 Å². The third kappa shape index (κ3) is 3.54. The maximum atomic E-state index is 12.3. The molecule has 0 saturated carbocycles. The molecule has 0 saturated heterocycles. The number of aromatic nitrogens is 1. The lowest BCUT2D eigenvalue weighted by atomic mass is 10.1. The molecule has 2 aromatic rings. The van der Waals surface area contributed by atoms with Gasteiger partial charge in [-0.05, 0) is 37.5 Å². The third-order valence-electron chi connectivity index (χ3n) is 3.97. The van der Waals surface area contributed by atoms with E-state index < -0.39 is 5.97 Å². The van der Waals surface area contributed by atoms with Gasteiger partial charge in [-0.15, -0.1) is 11.3 Å². The van der Waals surface area contributed by atoms with Crippen LogP contribution < -0.4 is 15.7 Å². The van der Waals surface area contributed by atoms with E-state index >= 15 is 0 Å². The summed E-state index contributed by atoms with van der Waals surface area (Å²) in [7, 11) is 0. The molecule has 0 unspecified atom stereocenters. The molecule has 0 spiro atoms. The summed E-state index contributed by atoms with van der Waals surface area (Å²) in [6, 6.07) is 7.17. The molecule has 0 atom stereocenters. The number of carbonyl (C=O) groups excluding carboxylic acids is 2. The molecule has 3 rings (SSSR count). The second kappa shape index (κ2) is 7.28. The van der Waals surface area contributed by atoms with Crippen LogP contribution >= 0.6 is 23.6 Å². The Morgan fingerprint density at radius 2 is 2.04 bits per heavy atom. The number of carboxylic acids is 1. The molecule has 0 bridgehead atoms. The molecule has 1 aromatic carbocycles. The van der Waals surface area contributed by atoms with Gasteiger partial charge < -0.3 is 15.0 Å². The normalized spacial score (nSPS) is 13.0. The Labute approximate surface area is 152 Å². The minimum absolute atomic E-state index is 0.0248. The van der Waals surface area contributed by atoms with Crippen molar-refractivity contribution >= 4 is 41.0 Å². The zero-order chi connectivity index (χ0) is 18.0. The number of fused-ring (bicyclic) bond motifs is 1. The summed E-state index contributed by atoms with van der Waals surface area (Å²) in [5.74, 6) is -1.48. The van der Waals surface area contributed by atoms with Crippen LogP contribution in [0.3, 0.4) is 0 Å². The van der Waals surface area contributed by atoms with Gasteiger partial charge in [-0.2, -0.15) is 0 Å². The molecular weight excluding hydrogens is 360 g/mol. The predicted octanol–water partition coefficient (Wildman–Crippen LogP) is 0.654. The Morgan fingerprint density at radius 1 is 1.28 bits per heavy atom. The van der Waals surface area contributed by atoms with E-state index in [0.29, 0.717) is 50.8 Å². The quantitative estimate of drug-likeness (QED) is 0.566. The Hall–Kier alpha value is -2.32. The highest BCUT2D eigenvalue weighted by Crippen LogP contribution is 2.32. The van der Waals surface area contributed by atoms with Crippen molar-refractivity contribution in [2.45, 2.75) is 32.2 Å². The van der Waals surface area contributed by atoms with Gasteiger partial charge in [0.15, 0.2) is 3.95 Å². The molecule has 2 heterocycles. The molecule has 0 radical (unpaired) electrons. The van der Waals surface area contributed by atoms with E-state index in [1.807, 2.05) is 6.07 Å². The van der Waals surface area contributed by atoms with Crippen LogP contribution in [-0.2, 0) is 16.1 Å². The second-order valence-corrected chi connectivity index (χ2v) is 7.31. The molecular formula is C17H15N2O4S2-. The number of benzene rings is 1. The lowest BCUT2D eigenvalue weighted by Gasteiger charge is -2.06. The second-order valence-electron chi connectivity index (χ2n) is 5.66. The number of hydrogen-bond acceptors (Lipinski definition) is 6. The first-order valence-corrected chi connectivity index (χ1v) is 9.06. The summed E-state index contributed by atoms with van der Waals surface area (Å²) in [5.41, 5.74) is 0.375. The summed E-state index contributed by atoms with van der Waals surface area (Å²) in [4.78, 5) is 27.1. The average Bonchev–Trinajstić information content (AvgIpc) is 3.03. The fourth-order valence-corrected chi connectivity index (χ4v) is 4.15. The summed E-state index contributed by atoms with van der Waals surface area (Å²) in [5, 5.41) is 22.2. The Kier molecular flexibility index (Phi) is 5.10. The lowest BCUT2D eigenvalue weighted by molar-refractivity contribution is -0.305. The molecule has 1 amide bonds. The lowest BCUT2D eigenvalue weighted by Crippen LogP contribution is -2.22. The molecule has 6 nitrogen and oxygen atoms in total. The van der Waals surface area contributed by atoms with Gasteiger partial charge in [0.1, 0.15) is 4.88 Å². The minimum Gasteiger partial charge on any atom is -0.550 e. The number of amides is 1. The van der Waals surface area contributed by atoms with Crippen molar-refractivity contribution in [3.05, 3.63) is 43.7 Å². The standard InChI is InChI=1S/C17H16N2O4S2/c20-12(21)8-2-1-5-9-19-16(23)14(25-17(19)24)13-10-6-3-4-7-11(10)18-15(13)22/h3-4,6-7,23H,1-2,5,8-9H2,(H,20,21)/p-1. The van der Waals surface area contributed by atoms with Crippen molar-refractivity contribution < 1.29 is 19.8 Å². The third-order valence-corrected chi connectivity index (χ3v) is 5.42. The smallest absolute Gasteiger partial charge is 0.279 e. The summed E-state index contributed by atoms with van der Waals surface area (Å²) >= 11 is 6.49. The molecule has 0 fully saturated rings. The zero-order valence-electron chi connectivity index (χ0n) is 13.2.